The minimum absolute atomic E-state index is 0.0165. The molecule has 0 fully saturated rings. The summed E-state index contributed by atoms with van der Waals surface area (Å²) in [6.07, 6.45) is -0.0578. The first-order valence-corrected chi connectivity index (χ1v) is 8.44. The molecule has 0 saturated heterocycles. The molecule has 0 atom stereocenters. The molecule has 0 unspecified atom stereocenters. The second-order valence-corrected chi connectivity index (χ2v) is 7.12. The number of carbonyl (C=O) groups excluding carboxylic acids is 1. The maximum atomic E-state index is 11.8. The zero-order valence-electron chi connectivity index (χ0n) is 11.2. The smallest absolute Gasteiger partial charge is 0.307 e. The van der Waals surface area contributed by atoms with Gasteiger partial charge in [-0.1, -0.05) is 11.2 Å². The average Bonchev–Trinajstić information content (AvgIpc) is 3.07. The number of hydrogen-bond donors (Lipinski definition) is 1. The van der Waals surface area contributed by atoms with Gasteiger partial charge in [0.1, 0.15) is 4.21 Å². The van der Waals surface area contributed by atoms with Crippen molar-refractivity contribution in [2.24, 2.45) is 0 Å². The first-order chi connectivity index (χ1) is 9.97. The van der Waals surface area contributed by atoms with Gasteiger partial charge in [-0.25, -0.2) is 13.1 Å². The second kappa shape index (κ2) is 6.83. The summed E-state index contributed by atoms with van der Waals surface area (Å²) in [5, 5.41) is 5.33. The van der Waals surface area contributed by atoms with Crippen molar-refractivity contribution in [3.63, 3.8) is 0 Å². The topological polar surface area (TPSA) is 98.5 Å². The van der Waals surface area contributed by atoms with Gasteiger partial charge in [-0.2, -0.15) is 0 Å². The SMILES string of the molecule is Cc1cc(COC(=O)CCNS(=O)(=O)c2cccs2)on1. The molecule has 7 nitrogen and oxygen atoms in total. The fourth-order valence-corrected chi connectivity index (χ4v) is 3.55. The highest BCUT2D eigenvalue weighted by atomic mass is 32.2. The zero-order chi connectivity index (χ0) is 15.3. The third-order valence-corrected chi connectivity index (χ3v) is 5.29. The van der Waals surface area contributed by atoms with Crippen LogP contribution < -0.4 is 4.72 Å². The van der Waals surface area contributed by atoms with E-state index >= 15 is 0 Å². The summed E-state index contributed by atoms with van der Waals surface area (Å²) < 4.78 is 35.9. The van der Waals surface area contributed by atoms with Crippen LogP contribution in [0.1, 0.15) is 17.9 Å². The Kier molecular flexibility index (Phi) is 5.10. The molecule has 0 aliphatic heterocycles. The molecule has 2 rings (SSSR count). The van der Waals surface area contributed by atoms with Crippen molar-refractivity contribution in [3.05, 3.63) is 35.0 Å². The van der Waals surface area contributed by atoms with Gasteiger partial charge in [0.05, 0.1) is 12.1 Å². The summed E-state index contributed by atoms with van der Waals surface area (Å²) in [4.78, 5) is 11.5. The molecule has 0 spiro atoms. The lowest BCUT2D eigenvalue weighted by molar-refractivity contribution is -0.145. The summed E-state index contributed by atoms with van der Waals surface area (Å²) in [5.74, 6) is -0.0713. The lowest BCUT2D eigenvalue weighted by atomic mass is 10.4. The minimum atomic E-state index is -3.54. The fourth-order valence-electron chi connectivity index (χ4n) is 1.48. The highest BCUT2D eigenvalue weighted by Gasteiger charge is 2.15. The van der Waals surface area contributed by atoms with Crippen molar-refractivity contribution in [2.45, 2.75) is 24.2 Å². The summed E-state index contributed by atoms with van der Waals surface area (Å²) in [6.45, 7) is 1.72. The molecule has 0 saturated carbocycles. The number of thiophene rings is 1. The lowest BCUT2D eigenvalue weighted by Gasteiger charge is -2.04. The van der Waals surface area contributed by atoms with E-state index in [0.717, 1.165) is 11.3 Å². The van der Waals surface area contributed by atoms with Crippen LogP contribution in [0.5, 0.6) is 0 Å². The van der Waals surface area contributed by atoms with Gasteiger partial charge < -0.3 is 9.26 Å². The van der Waals surface area contributed by atoms with Gasteiger partial charge in [-0.3, -0.25) is 4.79 Å². The van der Waals surface area contributed by atoms with E-state index in [4.69, 9.17) is 9.26 Å². The number of carbonyl (C=O) groups is 1. The van der Waals surface area contributed by atoms with Crippen LogP contribution in [0.25, 0.3) is 0 Å². The Morgan fingerprint density at radius 2 is 2.33 bits per heavy atom. The van der Waals surface area contributed by atoms with E-state index in [1.165, 1.54) is 6.07 Å². The van der Waals surface area contributed by atoms with Crippen LogP contribution >= 0.6 is 11.3 Å². The fraction of sp³-hybridized carbons (Fsp3) is 0.333. The largest absolute Gasteiger partial charge is 0.457 e. The molecule has 2 heterocycles. The van der Waals surface area contributed by atoms with Gasteiger partial charge in [0, 0.05) is 12.6 Å². The lowest BCUT2D eigenvalue weighted by Crippen LogP contribution is -2.26. The molecule has 114 valence electrons. The van der Waals surface area contributed by atoms with Gasteiger partial charge >= 0.3 is 5.97 Å². The quantitative estimate of drug-likeness (QED) is 0.772. The van der Waals surface area contributed by atoms with Gasteiger partial charge in [0.2, 0.25) is 10.0 Å². The predicted molar refractivity (Wildman–Crippen MR) is 75.2 cm³/mol. The van der Waals surface area contributed by atoms with Crippen LogP contribution in [-0.4, -0.2) is 26.1 Å². The van der Waals surface area contributed by atoms with Crippen molar-refractivity contribution < 1.29 is 22.5 Å². The number of sulfonamides is 1. The molecule has 0 aliphatic rings. The van der Waals surface area contributed by atoms with Crippen molar-refractivity contribution in [2.75, 3.05) is 6.54 Å². The number of esters is 1. The summed E-state index contributed by atoms with van der Waals surface area (Å²) in [7, 11) is -3.54. The molecular weight excluding hydrogens is 316 g/mol. The number of nitrogens with zero attached hydrogens (tertiary/aromatic N) is 1. The standard InChI is InChI=1S/C12H14N2O5S2/c1-9-7-10(19-14-9)8-18-11(15)4-5-13-21(16,17)12-3-2-6-20-12/h2-3,6-7,13H,4-5,8H2,1H3. The highest BCUT2D eigenvalue weighted by Crippen LogP contribution is 2.15. The normalized spacial score (nSPS) is 11.5. The Morgan fingerprint density at radius 3 is 2.95 bits per heavy atom. The molecule has 0 aromatic carbocycles. The third kappa shape index (κ3) is 4.66. The Hall–Kier alpha value is -1.71. The maximum absolute atomic E-state index is 11.8. The van der Waals surface area contributed by atoms with Crippen LogP contribution in [0.2, 0.25) is 0 Å². The average molecular weight is 330 g/mol. The predicted octanol–water partition coefficient (Wildman–Crippen LogP) is 1.46. The molecule has 0 amide bonds. The molecule has 2 aromatic rings. The van der Waals surface area contributed by atoms with Gasteiger partial charge in [-0.15, -0.1) is 11.3 Å². The van der Waals surface area contributed by atoms with Crippen LogP contribution in [0.3, 0.4) is 0 Å². The maximum Gasteiger partial charge on any atom is 0.307 e. The van der Waals surface area contributed by atoms with E-state index in [2.05, 4.69) is 9.88 Å². The first-order valence-electron chi connectivity index (χ1n) is 6.08. The Labute approximate surface area is 126 Å². The first kappa shape index (κ1) is 15.7. The Bertz CT molecular complexity index is 691. The van der Waals surface area contributed by atoms with Crippen molar-refractivity contribution >= 4 is 27.3 Å². The summed E-state index contributed by atoms with van der Waals surface area (Å²) in [6, 6.07) is 4.80. The summed E-state index contributed by atoms with van der Waals surface area (Å²) >= 11 is 1.11. The summed E-state index contributed by atoms with van der Waals surface area (Å²) in [5.41, 5.74) is 0.699. The van der Waals surface area contributed by atoms with Gasteiger partial charge in [-0.05, 0) is 18.4 Å². The number of hydrogen-bond acceptors (Lipinski definition) is 7. The van der Waals surface area contributed by atoms with Crippen LogP contribution in [0, 0.1) is 6.92 Å². The monoisotopic (exact) mass is 330 g/mol. The molecule has 2 aromatic heterocycles. The molecule has 1 N–H and O–H groups in total. The van der Waals surface area contributed by atoms with Gasteiger partial charge in [0.15, 0.2) is 12.4 Å². The Morgan fingerprint density at radius 1 is 1.52 bits per heavy atom. The second-order valence-electron chi connectivity index (χ2n) is 4.18. The van der Waals surface area contributed by atoms with Crippen molar-refractivity contribution in [1.29, 1.82) is 0 Å². The van der Waals surface area contributed by atoms with E-state index in [1.54, 1.807) is 24.4 Å². The van der Waals surface area contributed by atoms with Crippen molar-refractivity contribution in [3.8, 4) is 0 Å². The number of nitrogens with one attached hydrogen (secondary N) is 1. The molecule has 0 radical (unpaired) electrons. The van der Waals surface area contributed by atoms with E-state index in [-0.39, 0.29) is 23.8 Å². The van der Waals surface area contributed by atoms with E-state index in [0.29, 0.717) is 11.5 Å². The number of ether oxygens (including phenoxy) is 1. The molecule has 0 aliphatic carbocycles. The van der Waals surface area contributed by atoms with Crippen LogP contribution in [0.15, 0.2) is 32.3 Å². The van der Waals surface area contributed by atoms with E-state index in [9.17, 15) is 13.2 Å². The highest BCUT2D eigenvalue weighted by molar-refractivity contribution is 7.91. The number of aromatic nitrogens is 1. The Balaban J connectivity index is 1.72. The minimum Gasteiger partial charge on any atom is -0.457 e. The molecule has 0 bridgehead atoms. The molecule has 9 heteroatoms. The third-order valence-electron chi connectivity index (χ3n) is 2.43. The number of aryl methyl sites for hydroxylation is 1. The number of rotatable bonds is 7. The van der Waals surface area contributed by atoms with Crippen LogP contribution in [0.4, 0.5) is 0 Å². The van der Waals surface area contributed by atoms with Gasteiger partial charge in [0.25, 0.3) is 0 Å². The molecular formula is C12H14N2O5S2. The van der Waals surface area contributed by atoms with E-state index < -0.39 is 16.0 Å². The van der Waals surface area contributed by atoms with Crippen molar-refractivity contribution in [1.82, 2.24) is 9.88 Å². The van der Waals surface area contributed by atoms with E-state index in [1.807, 2.05) is 0 Å². The zero-order valence-corrected chi connectivity index (χ0v) is 12.9. The van der Waals surface area contributed by atoms with Crippen LogP contribution in [-0.2, 0) is 26.2 Å². The molecule has 21 heavy (non-hydrogen) atoms.